The molecule has 0 spiro atoms. The Morgan fingerprint density at radius 3 is 2.61 bits per heavy atom. The summed E-state index contributed by atoms with van der Waals surface area (Å²) in [6, 6.07) is 2.05. The summed E-state index contributed by atoms with van der Waals surface area (Å²) in [5.41, 5.74) is 3.21. The smallest absolute Gasteiger partial charge is 0.162 e. The molecule has 0 bridgehead atoms. The van der Waals surface area contributed by atoms with Gasteiger partial charge in [-0.2, -0.15) is 5.10 Å². The van der Waals surface area contributed by atoms with Gasteiger partial charge in [-0.1, -0.05) is 13.3 Å². The van der Waals surface area contributed by atoms with E-state index in [0.29, 0.717) is 0 Å². The van der Waals surface area contributed by atoms with Gasteiger partial charge in [0.25, 0.3) is 0 Å². The lowest BCUT2D eigenvalue weighted by atomic mass is 10.1. The van der Waals surface area contributed by atoms with Crippen LogP contribution in [0.25, 0.3) is 5.82 Å². The van der Waals surface area contributed by atoms with Gasteiger partial charge in [-0.15, -0.1) is 0 Å². The second-order valence-electron chi connectivity index (χ2n) is 4.36. The molecule has 0 unspecified atom stereocenters. The Balaban J connectivity index is 2.59. The fraction of sp³-hybridized carbons (Fsp3) is 0.462. The average Bonchev–Trinajstić information content (AvgIpc) is 2.69. The fourth-order valence-electron chi connectivity index (χ4n) is 2.12. The van der Waals surface area contributed by atoms with Crippen LogP contribution in [0.3, 0.4) is 0 Å². The lowest BCUT2D eigenvalue weighted by Gasteiger charge is -2.12. The van der Waals surface area contributed by atoms with E-state index in [-0.39, 0.29) is 0 Å². The van der Waals surface area contributed by atoms with Crippen molar-refractivity contribution in [2.24, 2.45) is 0 Å². The first-order valence-corrected chi connectivity index (χ1v) is 6.22. The van der Waals surface area contributed by atoms with Crippen molar-refractivity contribution in [3.8, 4) is 5.82 Å². The summed E-state index contributed by atoms with van der Waals surface area (Å²) in [6.07, 6.45) is 3.57. The lowest BCUT2D eigenvalue weighted by molar-refractivity contribution is 0.773. The highest BCUT2D eigenvalue weighted by Crippen LogP contribution is 2.21. The van der Waals surface area contributed by atoms with Crippen molar-refractivity contribution in [1.29, 1.82) is 0 Å². The predicted molar refractivity (Wildman–Crippen MR) is 72.2 cm³/mol. The summed E-state index contributed by atoms with van der Waals surface area (Å²) in [6.45, 7) is 6.18. The van der Waals surface area contributed by atoms with Crippen molar-refractivity contribution in [1.82, 2.24) is 19.7 Å². The average molecular weight is 245 g/mol. The molecule has 0 aliphatic heterocycles. The summed E-state index contributed by atoms with van der Waals surface area (Å²) in [7, 11) is 1.88. The highest BCUT2D eigenvalue weighted by molar-refractivity contribution is 5.51. The maximum absolute atomic E-state index is 4.50. The minimum absolute atomic E-state index is 0.877. The zero-order valence-corrected chi connectivity index (χ0v) is 11.4. The molecule has 1 N–H and O–H groups in total. The molecule has 0 amide bonds. The van der Waals surface area contributed by atoms with Gasteiger partial charge in [0.15, 0.2) is 5.82 Å². The molecule has 2 aromatic rings. The third kappa shape index (κ3) is 2.20. The summed E-state index contributed by atoms with van der Waals surface area (Å²) < 4.78 is 1.89. The Morgan fingerprint density at radius 2 is 2.06 bits per heavy atom. The van der Waals surface area contributed by atoms with Crippen molar-refractivity contribution in [2.45, 2.75) is 33.6 Å². The first kappa shape index (κ1) is 12.5. The first-order valence-electron chi connectivity index (χ1n) is 6.22. The predicted octanol–water partition coefficient (Wildman–Crippen LogP) is 2.27. The van der Waals surface area contributed by atoms with Crippen LogP contribution in [0.5, 0.6) is 0 Å². The molecule has 0 aromatic carbocycles. The Hall–Kier alpha value is -1.91. The molecular formula is C13H19N5. The number of nitrogens with zero attached hydrogens (tertiary/aromatic N) is 4. The maximum Gasteiger partial charge on any atom is 0.162 e. The third-order valence-electron chi connectivity index (χ3n) is 2.87. The molecule has 0 saturated heterocycles. The molecule has 0 atom stereocenters. The van der Waals surface area contributed by atoms with Gasteiger partial charge in [0.1, 0.15) is 12.1 Å². The molecule has 0 aliphatic rings. The molecule has 2 aromatic heterocycles. The fourth-order valence-corrected chi connectivity index (χ4v) is 2.12. The number of aromatic nitrogens is 4. The van der Waals surface area contributed by atoms with Crippen molar-refractivity contribution in [3.05, 3.63) is 29.3 Å². The van der Waals surface area contributed by atoms with Crippen molar-refractivity contribution in [3.63, 3.8) is 0 Å². The normalized spacial score (nSPS) is 10.7. The van der Waals surface area contributed by atoms with Gasteiger partial charge < -0.3 is 5.32 Å². The summed E-state index contributed by atoms with van der Waals surface area (Å²) in [4.78, 5) is 8.67. The van der Waals surface area contributed by atoms with E-state index in [1.165, 1.54) is 0 Å². The molecule has 0 aliphatic carbocycles. The van der Waals surface area contributed by atoms with E-state index in [4.69, 9.17) is 0 Å². The number of nitrogens with one attached hydrogen (secondary N) is 1. The minimum Gasteiger partial charge on any atom is -0.373 e. The van der Waals surface area contributed by atoms with Crippen LogP contribution in [-0.2, 0) is 6.42 Å². The van der Waals surface area contributed by atoms with Crippen LogP contribution in [0.4, 0.5) is 5.82 Å². The molecule has 5 nitrogen and oxygen atoms in total. The van der Waals surface area contributed by atoms with E-state index < -0.39 is 0 Å². The SMILES string of the molecule is CCCc1c(NC)ncnc1-n1nc(C)cc1C. The van der Waals surface area contributed by atoms with Crippen LogP contribution in [0, 0.1) is 13.8 Å². The molecule has 0 saturated carbocycles. The summed E-state index contributed by atoms with van der Waals surface area (Å²) >= 11 is 0. The maximum atomic E-state index is 4.50. The summed E-state index contributed by atoms with van der Waals surface area (Å²) in [5.74, 6) is 1.76. The Bertz CT molecular complexity index is 544. The molecule has 96 valence electrons. The Morgan fingerprint density at radius 1 is 1.28 bits per heavy atom. The first-order chi connectivity index (χ1) is 8.67. The second kappa shape index (κ2) is 5.16. The standard InChI is InChI=1S/C13H19N5/c1-5-6-11-12(14-4)15-8-16-13(11)18-10(3)7-9(2)17-18/h7-8H,5-6H2,1-4H3,(H,14,15,16). The van der Waals surface area contributed by atoms with Gasteiger partial charge >= 0.3 is 0 Å². The van der Waals surface area contributed by atoms with E-state index in [1.54, 1.807) is 6.33 Å². The summed E-state index contributed by atoms with van der Waals surface area (Å²) in [5, 5.41) is 7.62. The van der Waals surface area contributed by atoms with E-state index in [1.807, 2.05) is 25.6 Å². The van der Waals surface area contributed by atoms with Crippen LogP contribution in [-0.4, -0.2) is 26.8 Å². The lowest BCUT2D eigenvalue weighted by Crippen LogP contribution is -2.10. The van der Waals surface area contributed by atoms with Crippen LogP contribution in [0.1, 0.15) is 30.3 Å². The number of hydrogen-bond acceptors (Lipinski definition) is 4. The number of anilines is 1. The molecule has 18 heavy (non-hydrogen) atoms. The van der Waals surface area contributed by atoms with Gasteiger partial charge in [-0.05, 0) is 26.3 Å². The number of aryl methyl sites for hydroxylation is 2. The van der Waals surface area contributed by atoms with E-state index in [0.717, 1.165) is 41.4 Å². The quantitative estimate of drug-likeness (QED) is 0.897. The highest BCUT2D eigenvalue weighted by atomic mass is 15.3. The highest BCUT2D eigenvalue weighted by Gasteiger charge is 2.14. The van der Waals surface area contributed by atoms with Gasteiger partial charge in [0, 0.05) is 18.3 Å². The van der Waals surface area contributed by atoms with Crippen molar-refractivity contribution in [2.75, 3.05) is 12.4 Å². The van der Waals surface area contributed by atoms with E-state index in [9.17, 15) is 0 Å². The number of rotatable bonds is 4. The molecule has 5 heteroatoms. The van der Waals surface area contributed by atoms with E-state index in [2.05, 4.69) is 33.4 Å². The zero-order chi connectivity index (χ0) is 13.1. The van der Waals surface area contributed by atoms with Crippen LogP contribution in [0.2, 0.25) is 0 Å². The third-order valence-corrected chi connectivity index (χ3v) is 2.87. The second-order valence-corrected chi connectivity index (χ2v) is 4.36. The van der Waals surface area contributed by atoms with Crippen molar-refractivity contribution < 1.29 is 0 Å². The molecule has 2 heterocycles. The topological polar surface area (TPSA) is 55.6 Å². The Labute approximate surface area is 107 Å². The van der Waals surface area contributed by atoms with Crippen LogP contribution in [0.15, 0.2) is 12.4 Å². The molecule has 0 radical (unpaired) electrons. The molecule has 2 rings (SSSR count). The minimum atomic E-state index is 0.877. The van der Waals surface area contributed by atoms with E-state index >= 15 is 0 Å². The largest absolute Gasteiger partial charge is 0.373 e. The van der Waals surface area contributed by atoms with Crippen LogP contribution < -0.4 is 5.32 Å². The Kier molecular flexibility index (Phi) is 3.60. The number of hydrogen-bond donors (Lipinski definition) is 1. The van der Waals surface area contributed by atoms with Crippen molar-refractivity contribution >= 4 is 5.82 Å². The van der Waals surface area contributed by atoms with Gasteiger partial charge in [-0.3, -0.25) is 0 Å². The molecular weight excluding hydrogens is 226 g/mol. The van der Waals surface area contributed by atoms with Crippen LogP contribution >= 0.6 is 0 Å². The molecule has 0 fully saturated rings. The van der Waals surface area contributed by atoms with Gasteiger partial charge in [0.05, 0.1) is 5.69 Å². The van der Waals surface area contributed by atoms with Gasteiger partial charge in [0.2, 0.25) is 0 Å². The van der Waals surface area contributed by atoms with Gasteiger partial charge in [-0.25, -0.2) is 14.6 Å². The zero-order valence-electron chi connectivity index (χ0n) is 11.4. The monoisotopic (exact) mass is 245 g/mol.